The minimum absolute atomic E-state index is 0.0925. The predicted molar refractivity (Wildman–Crippen MR) is 221 cm³/mol. The first-order valence-electron chi connectivity index (χ1n) is 19.2. The number of amides is 3. The lowest BCUT2D eigenvalue weighted by Gasteiger charge is -2.29. The molecule has 6 aromatic rings. The molecule has 4 aromatic heterocycles. The van der Waals surface area contributed by atoms with E-state index in [4.69, 9.17) is 19.4 Å². The standard InChI is InChI=1S/C42H47N7O5S2/c1-23(2)36(47-40(51)53-6)39(50)48-17-7-9-30(48)37-43-22-29(46-37)24-11-13-25(14-12-24)32-20-34-35(55-32)21-33(56-34)26-15-16-27-28(19-26)45-38(44-27)31-10-8-18-49(31)41(52)54-42(3,4)5/h11-16,19-23,30-31,36H,7-10,17-18H2,1-6H3,(H,43,46)(H,44,45)(H,47,51)/t30-,31-,36-/m0/s1. The van der Waals surface area contributed by atoms with Gasteiger partial charge in [0.25, 0.3) is 0 Å². The van der Waals surface area contributed by atoms with Crippen molar-refractivity contribution in [1.29, 1.82) is 0 Å². The number of methoxy groups -OCH3 is 1. The zero-order chi connectivity index (χ0) is 39.3. The van der Waals surface area contributed by atoms with Crippen LogP contribution in [0.25, 0.3) is 52.6 Å². The van der Waals surface area contributed by atoms with Gasteiger partial charge in [0.1, 0.15) is 23.3 Å². The second kappa shape index (κ2) is 15.0. The van der Waals surface area contributed by atoms with E-state index in [-0.39, 0.29) is 30.0 Å². The zero-order valence-electron chi connectivity index (χ0n) is 32.5. The fourth-order valence-electron chi connectivity index (χ4n) is 7.70. The van der Waals surface area contributed by atoms with Crippen molar-refractivity contribution in [3.8, 4) is 32.1 Å². The van der Waals surface area contributed by atoms with Crippen LogP contribution >= 0.6 is 22.7 Å². The number of nitrogens with zero attached hydrogens (tertiary/aromatic N) is 4. The third kappa shape index (κ3) is 7.51. The van der Waals surface area contributed by atoms with Crippen LogP contribution in [-0.4, -0.2) is 79.7 Å². The third-order valence-corrected chi connectivity index (χ3v) is 12.9. The van der Waals surface area contributed by atoms with Crippen molar-refractivity contribution in [3.63, 3.8) is 0 Å². The Hall–Kier alpha value is -5.21. The Morgan fingerprint density at radius 3 is 2.12 bits per heavy atom. The maximum Gasteiger partial charge on any atom is 0.410 e. The van der Waals surface area contributed by atoms with Crippen LogP contribution in [0.2, 0.25) is 0 Å². The number of benzene rings is 2. The van der Waals surface area contributed by atoms with Gasteiger partial charge in [-0.1, -0.05) is 44.2 Å². The number of fused-ring (bicyclic) bond motifs is 2. The Balaban J connectivity index is 0.948. The molecule has 2 saturated heterocycles. The van der Waals surface area contributed by atoms with Crippen molar-refractivity contribution in [2.24, 2.45) is 5.92 Å². The summed E-state index contributed by atoms with van der Waals surface area (Å²) in [5.74, 6) is 1.33. The summed E-state index contributed by atoms with van der Waals surface area (Å²) < 4.78 is 12.9. The Bertz CT molecular complexity index is 2370. The number of ether oxygens (including phenoxy) is 2. The van der Waals surface area contributed by atoms with Crippen LogP contribution in [0.1, 0.15) is 84.0 Å². The van der Waals surface area contributed by atoms with Crippen LogP contribution in [0, 0.1) is 5.92 Å². The Morgan fingerprint density at radius 1 is 0.839 bits per heavy atom. The van der Waals surface area contributed by atoms with Crippen molar-refractivity contribution in [2.45, 2.75) is 84.0 Å². The average molecular weight is 794 g/mol. The second-order valence-corrected chi connectivity index (χ2v) is 18.1. The van der Waals surface area contributed by atoms with E-state index in [1.165, 1.54) is 26.3 Å². The number of H-pyrrole nitrogens is 2. The van der Waals surface area contributed by atoms with Gasteiger partial charge in [-0.2, -0.15) is 0 Å². The molecule has 2 aromatic carbocycles. The van der Waals surface area contributed by atoms with E-state index in [2.05, 4.69) is 69.9 Å². The monoisotopic (exact) mass is 793 g/mol. The number of nitrogens with one attached hydrogen (secondary N) is 3. The Kier molecular flexibility index (Phi) is 10.1. The molecule has 0 unspecified atom stereocenters. The molecule has 8 rings (SSSR count). The van der Waals surface area contributed by atoms with E-state index in [9.17, 15) is 14.4 Å². The average Bonchev–Trinajstić information content (AvgIpc) is 4.01. The molecular weight excluding hydrogens is 747 g/mol. The Labute approximate surface area is 333 Å². The van der Waals surface area contributed by atoms with Gasteiger partial charge in [0.05, 0.1) is 35.9 Å². The highest BCUT2D eigenvalue weighted by Gasteiger charge is 2.38. The number of carbonyl (C=O) groups is 3. The second-order valence-electron chi connectivity index (χ2n) is 15.9. The molecule has 14 heteroatoms. The van der Waals surface area contributed by atoms with Crippen molar-refractivity contribution < 1.29 is 23.9 Å². The smallest absolute Gasteiger partial charge is 0.410 e. The lowest BCUT2D eigenvalue weighted by Crippen LogP contribution is -2.51. The Morgan fingerprint density at radius 2 is 1.46 bits per heavy atom. The molecule has 0 saturated carbocycles. The lowest BCUT2D eigenvalue weighted by molar-refractivity contribution is -0.135. The molecule has 2 fully saturated rings. The molecule has 56 heavy (non-hydrogen) atoms. The maximum atomic E-state index is 13.6. The number of aromatic nitrogens is 4. The molecule has 0 radical (unpaired) electrons. The topological polar surface area (TPSA) is 146 Å². The highest BCUT2D eigenvalue weighted by Crippen LogP contribution is 2.43. The summed E-state index contributed by atoms with van der Waals surface area (Å²) in [7, 11) is 1.30. The predicted octanol–water partition coefficient (Wildman–Crippen LogP) is 9.68. The molecule has 3 atom stereocenters. The summed E-state index contributed by atoms with van der Waals surface area (Å²) in [6, 6.07) is 18.3. The number of hydrogen-bond acceptors (Lipinski definition) is 9. The molecule has 2 aliphatic heterocycles. The number of likely N-dealkylation sites (tertiary alicyclic amines) is 2. The number of alkyl carbamates (subject to hydrolysis) is 1. The van der Waals surface area contributed by atoms with Crippen LogP contribution in [0.15, 0.2) is 60.8 Å². The number of hydrogen-bond donors (Lipinski definition) is 3. The van der Waals surface area contributed by atoms with E-state index in [1.54, 1.807) is 27.6 Å². The van der Waals surface area contributed by atoms with Crippen LogP contribution in [0.5, 0.6) is 0 Å². The van der Waals surface area contributed by atoms with Gasteiger partial charge in [-0.05, 0) is 87.8 Å². The van der Waals surface area contributed by atoms with Gasteiger partial charge in [0, 0.05) is 44.0 Å². The molecule has 0 bridgehead atoms. The first-order chi connectivity index (χ1) is 26.8. The number of aromatic amines is 2. The first-order valence-corrected chi connectivity index (χ1v) is 20.8. The van der Waals surface area contributed by atoms with E-state index >= 15 is 0 Å². The van der Waals surface area contributed by atoms with E-state index < -0.39 is 17.7 Å². The molecule has 3 amide bonds. The van der Waals surface area contributed by atoms with Crippen LogP contribution in [0.4, 0.5) is 9.59 Å². The van der Waals surface area contributed by atoms with Crippen LogP contribution in [-0.2, 0) is 14.3 Å². The number of rotatable bonds is 8. The molecular formula is C42H47N7O5S2. The summed E-state index contributed by atoms with van der Waals surface area (Å²) in [4.78, 5) is 61.1. The van der Waals surface area contributed by atoms with Crippen molar-refractivity contribution in [2.75, 3.05) is 20.2 Å². The van der Waals surface area contributed by atoms with E-state index in [0.29, 0.717) is 13.1 Å². The summed E-state index contributed by atoms with van der Waals surface area (Å²) in [5.41, 5.74) is 5.37. The normalized spacial score (nSPS) is 18.0. The maximum absolute atomic E-state index is 13.6. The van der Waals surface area contributed by atoms with Crippen molar-refractivity contribution >= 4 is 61.2 Å². The van der Waals surface area contributed by atoms with Gasteiger partial charge >= 0.3 is 12.2 Å². The van der Waals surface area contributed by atoms with E-state index in [1.807, 2.05) is 45.7 Å². The molecule has 12 nitrogen and oxygen atoms in total. The minimum Gasteiger partial charge on any atom is -0.453 e. The third-order valence-electron chi connectivity index (χ3n) is 10.5. The summed E-state index contributed by atoms with van der Waals surface area (Å²) in [6.07, 6.45) is 4.42. The van der Waals surface area contributed by atoms with Gasteiger partial charge in [-0.15, -0.1) is 22.7 Å². The van der Waals surface area contributed by atoms with Gasteiger partial charge < -0.3 is 29.7 Å². The fourth-order valence-corrected chi connectivity index (χ4v) is 10.1. The van der Waals surface area contributed by atoms with Gasteiger partial charge in [-0.25, -0.2) is 19.6 Å². The summed E-state index contributed by atoms with van der Waals surface area (Å²) in [6.45, 7) is 10.8. The zero-order valence-corrected chi connectivity index (χ0v) is 34.1. The van der Waals surface area contributed by atoms with Crippen LogP contribution in [0.3, 0.4) is 0 Å². The van der Waals surface area contributed by atoms with E-state index in [0.717, 1.165) is 70.7 Å². The molecule has 6 heterocycles. The van der Waals surface area contributed by atoms with Crippen molar-refractivity contribution in [1.82, 2.24) is 35.1 Å². The van der Waals surface area contributed by atoms with Gasteiger partial charge in [0.15, 0.2) is 0 Å². The number of imidazole rings is 2. The quantitative estimate of drug-likeness (QED) is 0.139. The van der Waals surface area contributed by atoms with Crippen molar-refractivity contribution in [3.05, 3.63) is 72.4 Å². The molecule has 292 valence electrons. The number of thiophene rings is 2. The first kappa shape index (κ1) is 37.7. The summed E-state index contributed by atoms with van der Waals surface area (Å²) >= 11 is 3.56. The molecule has 3 N–H and O–H groups in total. The van der Waals surface area contributed by atoms with Gasteiger partial charge in [0.2, 0.25) is 5.91 Å². The molecule has 2 aliphatic rings. The highest BCUT2D eigenvalue weighted by molar-refractivity contribution is 7.31. The lowest BCUT2D eigenvalue weighted by atomic mass is 10.0. The highest BCUT2D eigenvalue weighted by atomic mass is 32.1. The number of carbonyl (C=O) groups excluding carboxylic acids is 3. The SMILES string of the molecule is COC(=O)N[C@H](C(=O)N1CCC[C@H]1c1nc(-c2ccc(-c3cc4sc(-c5ccc6nc([C@@H]7CCCN7C(=O)OC(C)(C)C)[nH]c6c5)cc4s3)cc2)c[nH]1)C(C)C. The summed E-state index contributed by atoms with van der Waals surface area (Å²) in [5, 5.41) is 2.71. The minimum atomic E-state index is -0.674. The molecule has 0 aliphatic carbocycles. The van der Waals surface area contributed by atoms with Crippen LogP contribution < -0.4 is 5.32 Å². The fraction of sp³-hybridized carbons (Fsp3) is 0.405. The largest absolute Gasteiger partial charge is 0.453 e. The van der Waals surface area contributed by atoms with Gasteiger partial charge in [-0.3, -0.25) is 9.69 Å². The molecule has 0 spiro atoms.